The summed E-state index contributed by atoms with van der Waals surface area (Å²) in [7, 11) is 5.86. The quantitative estimate of drug-likeness (QED) is 0.200. The van der Waals surface area contributed by atoms with Crippen LogP contribution in [0.1, 0.15) is 42.8 Å². The standard InChI is InChI=1S/C17H30F3N5S.HI/c1-21-16(22-10-7-5-4-6-8-12-25(2)3)23-11-9-15-24-14(13-26-15)17(18,19)20;/h13H,4-12H2,1-3H3,(H2,21,22,23);1H. The van der Waals surface area contributed by atoms with Crippen LogP contribution in [0.3, 0.4) is 0 Å². The van der Waals surface area contributed by atoms with Crippen molar-refractivity contribution in [2.24, 2.45) is 4.99 Å². The van der Waals surface area contributed by atoms with Gasteiger partial charge < -0.3 is 15.5 Å². The zero-order chi connectivity index (χ0) is 19.4. The second kappa shape index (κ2) is 14.4. The van der Waals surface area contributed by atoms with Crippen LogP contribution in [-0.4, -0.2) is 56.6 Å². The first kappa shape index (κ1) is 26.4. The van der Waals surface area contributed by atoms with Gasteiger partial charge in [0.25, 0.3) is 0 Å². The van der Waals surface area contributed by atoms with E-state index in [1.807, 2.05) is 0 Å². The van der Waals surface area contributed by atoms with Crippen LogP contribution in [0.2, 0.25) is 0 Å². The van der Waals surface area contributed by atoms with Gasteiger partial charge >= 0.3 is 6.18 Å². The highest BCUT2D eigenvalue weighted by Crippen LogP contribution is 2.29. The molecule has 0 amide bonds. The highest BCUT2D eigenvalue weighted by Gasteiger charge is 2.33. The maximum absolute atomic E-state index is 12.5. The van der Waals surface area contributed by atoms with Crippen molar-refractivity contribution in [3.05, 3.63) is 16.1 Å². The van der Waals surface area contributed by atoms with Gasteiger partial charge in [0.2, 0.25) is 0 Å². The van der Waals surface area contributed by atoms with Gasteiger partial charge in [0.05, 0.1) is 5.01 Å². The largest absolute Gasteiger partial charge is 0.434 e. The summed E-state index contributed by atoms with van der Waals surface area (Å²) >= 11 is 1.03. The van der Waals surface area contributed by atoms with Gasteiger partial charge in [-0.3, -0.25) is 4.99 Å². The van der Waals surface area contributed by atoms with Crippen molar-refractivity contribution >= 4 is 41.3 Å². The molecule has 5 nitrogen and oxygen atoms in total. The normalized spacial score (nSPS) is 12.2. The molecule has 0 unspecified atom stereocenters. The van der Waals surface area contributed by atoms with Gasteiger partial charge in [0.15, 0.2) is 11.7 Å². The van der Waals surface area contributed by atoms with Gasteiger partial charge in [0, 0.05) is 31.9 Å². The van der Waals surface area contributed by atoms with Crippen LogP contribution in [0.5, 0.6) is 0 Å². The molecule has 1 rings (SSSR count). The van der Waals surface area contributed by atoms with Crippen LogP contribution in [0.15, 0.2) is 10.4 Å². The van der Waals surface area contributed by atoms with E-state index in [0.29, 0.717) is 23.9 Å². The third-order valence-electron chi connectivity index (χ3n) is 3.77. The van der Waals surface area contributed by atoms with Gasteiger partial charge in [-0.05, 0) is 33.5 Å². The number of aromatic nitrogens is 1. The molecule has 0 bridgehead atoms. The molecule has 0 saturated heterocycles. The Morgan fingerprint density at radius 1 is 1.11 bits per heavy atom. The lowest BCUT2D eigenvalue weighted by molar-refractivity contribution is -0.140. The zero-order valence-corrected chi connectivity index (χ0v) is 19.4. The molecule has 10 heteroatoms. The van der Waals surface area contributed by atoms with Gasteiger partial charge in [-0.2, -0.15) is 13.2 Å². The molecule has 0 saturated carbocycles. The molecule has 0 atom stereocenters. The number of alkyl halides is 3. The van der Waals surface area contributed by atoms with E-state index in [4.69, 9.17) is 0 Å². The average molecular weight is 521 g/mol. The molecular weight excluding hydrogens is 490 g/mol. The summed E-state index contributed by atoms with van der Waals surface area (Å²) in [5.41, 5.74) is -0.814. The fraction of sp³-hybridized carbons (Fsp3) is 0.765. The topological polar surface area (TPSA) is 52.6 Å². The fourth-order valence-electron chi connectivity index (χ4n) is 2.35. The predicted octanol–water partition coefficient (Wildman–Crippen LogP) is 4.00. The zero-order valence-electron chi connectivity index (χ0n) is 16.2. The molecule has 0 spiro atoms. The summed E-state index contributed by atoms with van der Waals surface area (Å²) in [5, 5.41) is 7.86. The first-order valence-corrected chi connectivity index (χ1v) is 9.81. The number of unbranched alkanes of at least 4 members (excludes halogenated alkanes) is 4. The Morgan fingerprint density at radius 2 is 1.74 bits per heavy atom. The van der Waals surface area contributed by atoms with Crippen molar-refractivity contribution < 1.29 is 13.2 Å². The molecular formula is C17H31F3IN5S. The molecule has 1 aromatic rings. The van der Waals surface area contributed by atoms with Crippen LogP contribution in [0.25, 0.3) is 0 Å². The molecule has 158 valence electrons. The monoisotopic (exact) mass is 521 g/mol. The number of nitrogens with one attached hydrogen (secondary N) is 2. The fourth-order valence-corrected chi connectivity index (χ4v) is 3.16. The number of halogens is 4. The number of guanidine groups is 1. The van der Waals surface area contributed by atoms with Crippen molar-refractivity contribution in [1.29, 1.82) is 0 Å². The summed E-state index contributed by atoms with van der Waals surface area (Å²) in [6, 6.07) is 0. The molecule has 0 aliphatic carbocycles. The first-order chi connectivity index (χ1) is 12.3. The lowest BCUT2D eigenvalue weighted by atomic mass is 10.1. The Balaban J connectivity index is 0.00000676. The number of aliphatic imine (C=N–C) groups is 1. The summed E-state index contributed by atoms with van der Waals surface area (Å²) < 4.78 is 37.5. The Kier molecular flexibility index (Phi) is 14.1. The summed E-state index contributed by atoms with van der Waals surface area (Å²) in [4.78, 5) is 9.94. The smallest absolute Gasteiger partial charge is 0.356 e. The molecule has 1 aromatic heterocycles. The van der Waals surface area contributed by atoms with E-state index >= 15 is 0 Å². The first-order valence-electron chi connectivity index (χ1n) is 8.93. The van der Waals surface area contributed by atoms with Gasteiger partial charge in [-0.1, -0.05) is 19.3 Å². The van der Waals surface area contributed by atoms with E-state index in [1.165, 1.54) is 25.7 Å². The van der Waals surface area contributed by atoms with Gasteiger partial charge in [-0.25, -0.2) is 4.98 Å². The van der Waals surface area contributed by atoms with E-state index in [2.05, 4.69) is 39.6 Å². The second-order valence-corrected chi connectivity index (χ2v) is 7.31. The number of nitrogens with zero attached hydrogens (tertiary/aromatic N) is 3. The average Bonchev–Trinajstić information content (AvgIpc) is 3.04. The molecule has 0 aliphatic heterocycles. The lowest BCUT2D eigenvalue weighted by Gasteiger charge is -2.11. The summed E-state index contributed by atoms with van der Waals surface area (Å²) in [6.45, 7) is 2.47. The van der Waals surface area contributed by atoms with Crippen molar-refractivity contribution in [2.75, 3.05) is 40.8 Å². The summed E-state index contributed by atoms with van der Waals surface area (Å²) in [6.07, 6.45) is 2.03. The highest BCUT2D eigenvalue weighted by atomic mass is 127. The molecule has 0 fully saturated rings. The van der Waals surface area contributed by atoms with Crippen molar-refractivity contribution in [3.63, 3.8) is 0 Å². The maximum Gasteiger partial charge on any atom is 0.434 e. The Bertz CT molecular complexity index is 535. The van der Waals surface area contributed by atoms with Crippen LogP contribution in [0.4, 0.5) is 13.2 Å². The highest BCUT2D eigenvalue weighted by molar-refractivity contribution is 14.0. The van der Waals surface area contributed by atoms with Crippen molar-refractivity contribution in [3.8, 4) is 0 Å². The number of thiazole rings is 1. The third-order valence-corrected chi connectivity index (χ3v) is 4.68. The van der Waals surface area contributed by atoms with Gasteiger partial charge in [-0.15, -0.1) is 35.3 Å². The van der Waals surface area contributed by atoms with E-state index < -0.39 is 11.9 Å². The second-order valence-electron chi connectivity index (χ2n) is 6.37. The Morgan fingerprint density at radius 3 is 2.33 bits per heavy atom. The Hall–Kier alpha value is -0.620. The SMILES string of the molecule is CN=C(NCCCCCCCN(C)C)NCCc1nc(C(F)(F)F)cs1.I. The van der Waals surface area contributed by atoms with Crippen LogP contribution >= 0.6 is 35.3 Å². The van der Waals surface area contributed by atoms with Crippen molar-refractivity contribution in [2.45, 2.75) is 44.7 Å². The van der Waals surface area contributed by atoms with E-state index in [-0.39, 0.29) is 24.0 Å². The van der Waals surface area contributed by atoms with E-state index in [1.54, 1.807) is 7.05 Å². The molecule has 2 N–H and O–H groups in total. The van der Waals surface area contributed by atoms with Crippen molar-refractivity contribution in [1.82, 2.24) is 20.5 Å². The van der Waals surface area contributed by atoms with Crippen LogP contribution in [-0.2, 0) is 12.6 Å². The maximum atomic E-state index is 12.5. The van der Waals surface area contributed by atoms with E-state index in [9.17, 15) is 13.2 Å². The minimum Gasteiger partial charge on any atom is -0.356 e. The Labute approximate surface area is 181 Å². The third kappa shape index (κ3) is 12.5. The number of rotatable bonds is 11. The summed E-state index contributed by atoms with van der Waals surface area (Å²) in [5.74, 6) is 0.671. The van der Waals surface area contributed by atoms with Crippen LogP contribution in [0, 0.1) is 0 Å². The van der Waals surface area contributed by atoms with Gasteiger partial charge in [0.1, 0.15) is 0 Å². The number of hydrogen-bond acceptors (Lipinski definition) is 4. The molecule has 1 heterocycles. The molecule has 0 aliphatic rings. The van der Waals surface area contributed by atoms with Crippen LogP contribution < -0.4 is 10.6 Å². The minimum absolute atomic E-state index is 0. The minimum atomic E-state index is -4.37. The molecule has 0 aromatic carbocycles. The molecule has 27 heavy (non-hydrogen) atoms. The lowest BCUT2D eigenvalue weighted by Crippen LogP contribution is -2.38. The number of hydrogen-bond donors (Lipinski definition) is 2. The molecule has 0 radical (unpaired) electrons. The predicted molar refractivity (Wildman–Crippen MR) is 117 cm³/mol. The van der Waals surface area contributed by atoms with E-state index in [0.717, 1.165) is 36.2 Å².